The molecule has 1 amide bonds. The van der Waals surface area contributed by atoms with Gasteiger partial charge in [0.25, 0.3) is 5.91 Å². The van der Waals surface area contributed by atoms with Gasteiger partial charge in [0.05, 0.1) is 12.1 Å². The van der Waals surface area contributed by atoms with Gasteiger partial charge in [-0.2, -0.15) is 0 Å². The Hall–Kier alpha value is -2.11. The third-order valence-corrected chi connectivity index (χ3v) is 3.17. The molecular weight excluding hydrogens is 266 g/mol. The number of hydrogen-bond donors (Lipinski definition) is 2. The molecule has 0 unspecified atom stereocenters. The summed E-state index contributed by atoms with van der Waals surface area (Å²) in [7, 11) is 4.02. The van der Waals surface area contributed by atoms with Gasteiger partial charge in [-0.1, -0.05) is 12.1 Å². The highest BCUT2D eigenvalue weighted by Gasteiger charge is 2.11. The van der Waals surface area contributed by atoms with Crippen molar-refractivity contribution in [2.24, 2.45) is 5.73 Å². The number of rotatable bonds is 5. The van der Waals surface area contributed by atoms with Crippen molar-refractivity contribution in [1.82, 2.24) is 4.90 Å². The van der Waals surface area contributed by atoms with Gasteiger partial charge < -0.3 is 20.4 Å². The zero-order valence-corrected chi connectivity index (χ0v) is 12.6. The Morgan fingerprint density at radius 1 is 1.33 bits per heavy atom. The number of hydrogen-bond acceptors (Lipinski definition) is 4. The number of carbonyl (C=O) groups excluding carboxylic acids is 1. The van der Waals surface area contributed by atoms with Crippen molar-refractivity contribution >= 4 is 11.6 Å². The number of nitrogens with zero attached hydrogens (tertiary/aromatic N) is 1. The molecule has 21 heavy (non-hydrogen) atoms. The van der Waals surface area contributed by atoms with Gasteiger partial charge in [-0.3, -0.25) is 4.79 Å². The molecule has 0 aliphatic heterocycles. The van der Waals surface area contributed by atoms with Crippen molar-refractivity contribution in [3.63, 3.8) is 0 Å². The lowest BCUT2D eigenvalue weighted by Gasteiger charge is -2.13. The number of nitrogens with one attached hydrogen (secondary N) is 1. The number of aryl methyl sites for hydroxylation is 1. The van der Waals surface area contributed by atoms with Gasteiger partial charge in [0.1, 0.15) is 12.0 Å². The Kier molecular flexibility index (Phi) is 4.77. The third-order valence-electron chi connectivity index (χ3n) is 3.17. The van der Waals surface area contributed by atoms with Crippen molar-refractivity contribution < 1.29 is 9.21 Å². The molecule has 0 aliphatic rings. The topological polar surface area (TPSA) is 71.5 Å². The van der Waals surface area contributed by atoms with Gasteiger partial charge >= 0.3 is 0 Å². The molecule has 1 aromatic carbocycles. The Labute approximate surface area is 124 Å². The van der Waals surface area contributed by atoms with E-state index in [-0.39, 0.29) is 12.5 Å². The highest BCUT2D eigenvalue weighted by molar-refractivity contribution is 6.04. The highest BCUT2D eigenvalue weighted by Crippen LogP contribution is 2.19. The van der Waals surface area contributed by atoms with Gasteiger partial charge in [0, 0.05) is 12.2 Å². The number of benzene rings is 1. The van der Waals surface area contributed by atoms with E-state index >= 15 is 0 Å². The Bertz CT molecular complexity index is 632. The average molecular weight is 287 g/mol. The molecule has 0 spiro atoms. The summed E-state index contributed by atoms with van der Waals surface area (Å²) in [4.78, 5) is 14.3. The van der Waals surface area contributed by atoms with Crippen LogP contribution < -0.4 is 11.1 Å². The molecule has 112 valence electrons. The minimum absolute atomic E-state index is 0.191. The first-order valence-corrected chi connectivity index (χ1v) is 6.82. The van der Waals surface area contributed by atoms with Crippen LogP contribution in [0.15, 0.2) is 34.9 Å². The summed E-state index contributed by atoms with van der Waals surface area (Å²) in [5.74, 6) is 0.404. The molecular formula is C16H21N3O2. The van der Waals surface area contributed by atoms with E-state index in [0.29, 0.717) is 11.3 Å². The van der Waals surface area contributed by atoms with Crippen LogP contribution in [0.1, 0.15) is 27.2 Å². The second-order valence-corrected chi connectivity index (χ2v) is 5.35. The lowest BCUT2D eigenvalue weighted by molar-refractivity contribution is 0.102. The number of furan rings is 1. The monoisotopic (exact) mass is 287 g/mol. The number of anilines is 1. The molecule has 0 bridgehead atoms. The molecule has 5 heteroatoms. The predicted molar refractivity (Wildman–Crippen MR) is 83.1 cm³/mol. The van der Waals surface area contributed by atoms with Crippen molar-refractivity contribution in [3.8, 4) is 0 Å². The van der Waals surface area contributed by atoms with E-state index in [0.717, 1.165) is 23.4 Å². The molecule has 0 saturated heterocycles. The molecule has 0 atom stereocenters. The van der Waals surface area contributed by atoms with Gasteiger partial charge in [0.15, 0.2) is 0 Å². The van der Waals surface area contributed by atoms with Crippen LogP contribution in [0, 0.1) is 6.92 Å². The van der Waals surface area contributed by atoms with E-state index in [1.165, 1.54) is 6.26 Å². The fourth-order valence-electron chi connectivity index (χ4n) is 2.07. The second kappa shape index (κ2) is 6.56. The average Bonchev–Trinajstić information content (AvgIpc) is 2.91. The number of carbonyl (C=O) groups is 1. The normalized spacial score (nSPS) is 10.9. The molecule has 1 heterocycles. The van der Waals surface area contributed by atoms with Crippen LogP contribution in [0.25, 0.3) is 0 Å². The van der Waals surface area contributed by atoms with E-state index in [1.807, 2.05) is 33.2 Å². The number of amides is 1. The van der Waals surface area contributed by atoms with Gasteiger partial charge in [0.2, 0.25) is 0 Å². The SMILES string of the molecule is Cc1ccc(CN(C)C)cc1NC(=O)c1coc(CN)c1. The summed E-state index contributed by atoms with van der Waals surface area (Å²) >= 11 is 0. The zero-order valence-electron chi connectivity index (χ0n) is 12.6. The van der Waals surface area contributed by atoms with Crippen LogP contribution >= 0.6 is 0 Å². The van der Waals surface area contributed by atoms with Gasteiger partial charge in [-0.25, -0.2) is 0 Å². The van der Waals surface area contributed by atoms with Crippen LogP contribution in [0.3, 0.4) is 0 Å². The lowest BCUT2D eigenvalue weighted by Crippen LogP contribution is -2.14. The van der Waals surface area contributed by atoms with Gasteiger partial charge in [-0.05, 0) is 44.3 Å². The predicted octanol–water partition coefficient (Wildman–Crippen LogP) is 2.36. The quantitative estimate of drug-likeness (QED) is 0.885. The molecule has 0 radical (unpaired) electrons. The fourth-order valence-corrected chi connectivity index (χ4v) is 2.07. The molecule has 0 saturated carbocycles. The lowest BCUT2D eigenvalue weighted by atomic mass is 10.1. The number of nitrogens with two attached hydrogens (primary N) is 1. The molecule has 0 fully saturated rings. The van der Waals surface area contributed by atoms with Crippen LogP contribution in [-0.4, -0.2) is 24.9 Å². The summed E-state index contributed by atoms with van der Waals surface area (Å²) in [6.07, 6.45) is 1.43. The zero-order chi connectivity index (χ0) is 15.4. The standard InChI is InChI=1S/C16H21N3O2/c1-11-4-5-12(9-19(2)3)6-15(11)18-16(20)13-7-14(8-17)21-10-13/h4-7,10H,8-9,17H2,1-3H3,(H,18,20). The van der Waals surface area contributed by atoms with Gasteiger partial charge in [-0.15, -0.1) is 0 Å². The maximum atomic E-state index is 12.2. The minimum atomic E-state index is -0.191. The van der Waals surface area contributed by atoms with E-state index in [1.54, 1.807) is 6.07 Å². The first-order valence-electron chi connectivity index (χ1n) is 6.82. The summed E-state index contributed by atoms with van der Waals surface area (Å²) in [6.45, 7) is 3.08. The second-order valence-electron chi connectivity index (χ2n) is 5.35. The fraction of sp³-hybridized carbons (Fsp3) is 0.312. The molecule has 2 aromatic rings. The van der Waals surface area contributed by atoms with E-state index in [9.17, 15) is 4.79 Å². The Morgan fingerprint density at radius 3 is 2.71 bits per heavy atom. The van der Waals surface area contributed by atoms with Crippen molar-refractivity contribution in [2.75, 3.05) is 19.4 Å². The maximum absolute atomic E-state index is 12.2. The summed E-state index contributed by atoms with van der Waals surface area (Å²) < 4.78 is 5.19. The molecule has 1 aromatic heterocycles. The van der Waals surface area contributed by atoms with Crippen LogP contribution in [0.2, 0.25) is 0 Å². The molecule has 5 nitrogen and oxygen atoms in total. The summed E-state index contributed by atoms with van der Waals surface area (Å²) in [6, 6.07) is 7.73. The van der Waals surface area contributed by atoms with Crippen molar-refractivity contribution in [3.05, 3.63) is 53.0 Å². The van der Waals surface area contributed by atoms with Crippen molar-refractivity contribution in [2.45, 2.75) is 20.0 Å². The third kappa shape index (κ3) is 3.93. The van der Waals surface area contributed by atoms with E-state index < -0.39 is 0 Å². The van der Waals surface area contributed by atoms with Crippen LogP contribution in [0.5, 0.6) is 0 Å². The largest absolute Gasteiger partial charge is 0.467 e. The first kappa shape index (κ1) is 15.3. The molecule has 2 rings (SSSR count). The van der Waals surface area contributed by atoms with Crippen LogP contribution in [0.4, 0.5) is 5.69 Å². The first-order chi connectivity index (χ1) is 9.99. The Balaban J connectivity index is 2.16. The van der Waals surface area contributed by atoms with E-state index in [2.05, 4.69) is 16.3 Å². The van der Waals surface area contributed by atoms with E-state index in [4.69, 9.17) is 10.2 Å². The smallest absolute Gasteiger partial charge is 0.258 e. The highest BCUT2D eigenvalue weighted by atomic mass is 16.3. The maximum Gasteiger partial charge on any atom is 0.258 e. The molecule has 3 N–H and O–H groups in total. The Morgan fingerprint density at radius 2 is 2.10 bits per heavy atom. The summed E-state index contributed by atoms with van der Waals surface area (Å²) in [5.41, 5.74) is 8.94. The van der Waals surface area contributed by atoms with Crippen LogP contribution in [-0.2, 0) is 13.1 Å². The minimum Gasteiger partial charge on any atom is -0.467 e. The molecule has 0 aliphatic carbocycles. The summed E-state index contributed by atoms with van der Waals surface area (Å²) in [5, 5.41) is 2.92. The van der Waals surface area contributed by atoms with Crippen molar-refractivity contribution in [1.29, 1.82) is 0 Å².